The van der Waals surface area contributed by atoms with E-state index in [9.17, 15) is 4.79 Å². The van der Waals surface area contributed by atoms with E-state index in [4.69, 9.17) is 4.74 Å². The normalized spacial score (nSPS) is 10.3. The molecule has 6 heteroatoms. The number of benzene rings is 1. The molecule has 1 amide bonds. The summed E-state index contributed by atoms with van der Waals surface area (Å²) in [7, 11) is 7.69. The highest BCUT2D eigenvalue weighted by molar-refractivity contribution is 5.85. The van der Waals surface area contributed by atoms with E-state index in [1.807, 2.05) is 68.3 Å². The van der Waals surface area contributed by atoms with Crippen molar-refractivity contribution in [1.29, 1.82) is 0 Å². The van der Waals surface area contributed by atoms with Crippen molar-refractivity contribution in [3.8, 4) is 0 Å². The summed E-state index contributed by atoms with van der Waals surface area (Å²) in [4.78, 5) is 17.6. The fraction of sp³-hybridized carbons (Fsp3) is 0.500. The van der Waals surface area contributed by atoms with Crippen molar-refractivity contribution in [2.24, 2.45) is 0 Å². The van der Waals surface area contributed by atoms with Crippen LogP contribution >= 0.6 is 12.4 Å². The van der Waals surface area contributed by atoms with Crippen LogP contribution < -0.4 is 0 Å². The monoisotopic (exact) mass is 301 g/mol. The van der Waals surface area contributed by atoms with E-state index in [2.05, 4.69) is 0 Å². The molecule has 0 bridgehead atoms. The Labute approximate surface area is 127 Å². The predicted molar refractivity (Wildman–Crippen MR) is 82.8 cm³/mol. The quantitative estimate of drug-likeness (QED) is 0.754. The Morgan fingerprint density at radius 3 is 1.95 bits per heavy atom. The number of hydrogen-bond acceptors (Lipinski definition) is 4. The zero-order chi connectivity index (χ0) is 14.3. The zero-order valence-corrected chi connectivity index (χ0v) is 13.4. The van der Waals surface area contributed by atoms with E-state index < -0.39 is 0 Å². The third-order valence-electron chi connectivity index (χ3n) is 2.37. The summed E-state index contributed by atoms with van der Waals surface area (Å²) in [5.74, 6) is 0. The summed E-state index contributed by atoms with van der Waals surface area (Å²) in [5, 5.41) is 0. The number of hydrogen-bond donors (Lipinski definition) is 0. The maximum absolute atomic E-state index is 12.0. The van der Waals surface area contributed by atoms with Gasteiger partial charge in [-0.3, -0.25) is 14.7 Å². The van der Waals surface area contributed by atoms with Crippen molar-refractivity contribution in [2.75, 3.05) is 41.5 Å². The SMILES string of the molecule is CN(C)CN(CN(C)C)C(=O)OCc1ccccc1.Cl. The molecule has 1 rings (SSSR count). The summed E-state index contributed by atoms with van der Waals surface area (Å²) in [6.07, 6.45) is -0.300. The van der Waals surface area contributed by atoms with Crippen LogP contribution in [0.1, 0.15) is 5.56 Å². The molecule has 1 aromatic carbocycles. The lowest BCUT2D eigenvalue weighted by Gasteiger charge is -2.27. The molecule has 0 N–H and O–H groups in total. The highest BCUT2D eigenvalue weighted by Gasteiger charge is 2.16. The molecule has 0 heterocycles. The summed E-state index contributed by atoms with van der Waals surface area (Å²) < 4.78 is 5.33. The van der Waals surface area contributed by atoms with E-state index in [1.54, 1.807) is 4.90 Å². The molecule has 5 nitrogen and oxygen atoms in total. The van der Waals surface area contributed by atoms with Crippen molar-refractivity contribution >= 4 is 18.5 Å². The number of carbonyl (C=O) groups excluding carboxylic acids is 1. The van der Waals surface area contributed by atoms with Crippen LogP contribution in [0.15, 0.2) is 30.3 Å². The average Bonchev–Trinajstić information content (AvgIpc) is 2.35. The molecular weight excluding hydrogens is 278 g/mol. The van der Waals surface area contributed by atoms with Gasteiger partial charge in [-0.05, 0) is 33.8 Å². The molecule has 20 heavy (non-hydrogen) atoms. The molecule has 0 atom stereocenters. The number of rotatable bonds is 6. The van der Waals surface area contributed by atoms with Gasteiger partial charge in [-0.2, -0.15) is 0 Å². The Morgan fingerprint density at radius 1 is 1.00 bits per heavy atom. The second kappa shape index (κ2) is 9.58. The van der Waals surface area contributed by atoms with Crippen LogP contribution in [0.5, 0.6) is 0 Å². The van der Waals surface area contributed by atoms with Crippen molar-refractivity contribution in [3.05, 3.63) is 35.9 Å². The smallest absolute Gasteiger partial charge is 0.412 e. The van der Waals surface area contributed by atoms with Gasteiger partial charge in [-0.1, -0.05) is 30.3 Å². The first-order valence-electron chi connectivity index (χ1n) is 6.24. The molecule has 0 aliphatic rings. The highest BCUT2D eigenvalue weighted by atomic mass is 35.5. The van der Waals surface area contributed by atoms with Gasteiger partial charge in [0.1, 0.15) is 6.61 Å². The average molecular weight is 302 g/mol. The third kappa shape index (κ3) is 7.33. The second-order valence-electron chi connectivity index (χ2n) is 5.02. The topological polar surface area (TPSA) is 36.0 Å². The zero-order valence-electron chi connectivity index (χ0n) is 12.6. The molecular formula is C14H24ClN3O2. The Hall–Kier alpha value is -1.30. The molecule has 0 saturated heterocycles. The molecule has 0 saturated carbocycles. The molecule has 114 valence electrons. The van der Waals surface area contributed by atoms with Crippen molar-refractivity contribution in [3.63, 3.8) is 0 Å². The summed E-state index contributed by atoms with van der Waals surface area (Å²) in [5.41, 5.74) is 0.991. The van der Waals surface area contributed by atoms with E-state index in [0.29, 0.717) is 19.9 Å². The van der Waals surface area contributed by atoms with E-state index in [-0.39, 0.29) is 18.5 Å². The van der Waals surface area contributed by atoms with Gasteiger partial charge < -0.3 is 4.74 Å². The lowest BCUT2D eigenvalue weighted by molar-refractivity contribution is 0.0606. The van der Waals surface area contributed by atoms with Crippen LogP contribution in [0, 0.1) is 0 Å². The fourth-order valence-corrected chi connectivity index (χ4v) is 1.65. The van der Waals surface area contributed by atoms with E-state index in [1.165, 1.54) is 0 Å². The van der Waals surface area contributed by atoms with Crippen LogP contribution in [-0.2, 0) is 11.3 Å². The van der Waals surface area contributed by atoms with Crippen molar-refractivity contribution in [1.82, 2.24) is 14.7 Å². The van der Waals surface area contributed by atoms with Crippen molar-refractivity contribution < 1.29 is 9.53 Å². The second-order valence-corrected chi connectivity index (χ2v) is 5.02. The number of nitrogens with zero attached hydrogens (tertiary/aromatic N) is 3. The standard InChI is InChI=1S/C14H23N3O2.ClH/c1-15(2)11-17(12-16(3)4)14(18)19-10-13-8-6-5-7-9-13;/h5-9H,10-12H2,1-4H3;1H. The molecule has 0 aliphatic carbocycles. The minimum absolute atomic E-state index is 0. The molecule has 1 aromatic rings. The van der Waals surface area contributed by atoms with Gasteiger partial charge in [0.05, 0.1) is 13.3 Å². The fourth-order valence-electron chi connectivity index (χ4n) is 1.65. The first-order chi connectivity index (χ1) is 8.99. The van der Waals surface area contributed by atoms with E-state index in [0.717, 1.165) is 5.56 Å². The first-order valence-corrected chi connectivity index (χ1v) is 6.24. The summed E-state index contributed by atoms with van der Waals surface area (Å²) >= 11 is 0. The predicted octanol–water partition coefficient (Wildman–Crippen LogP) is 2.09. The molecule has 0 fully saturated rings. The van der Waals surface area contributed by atoms with Crippen LogP contribution in [-0.4, -0.2) is 62.3 Å². The Kier molecular flexibility index (Phi) is 8.96. The summed E-state index contributed by atoms with van der Waals surface area (Å²) in [6.45, 7) is 1.37. The van der Waals surface area contributed by atoms with Gasteiger partial charge in [-0.25, -0.2) is 4.79 Å². The molecule has 0 unspecified atom stereocenters. The van der Waals surface area contributed by atoms with Crippen LogP contribution in [0.25, 0.3) is 0 Å². The summed E-state index contributed by atoms with van der Waals surface area (Å²) in [6, 6.07) is 9.68. The van der Waals surface area contributed by atoms with Crippen LogP contribution in [0.4, 0.5) is 4.79 Å². The first kappa shape index (κ1) is 18.7. The lowest BCUT2D eigenvalue weighted by atomic mass is 10.2. The van der Waals surface area contributed by atoms with Gasteiger partial charge in [0.2, 0.25) is 0 Å². The Bertz CT molecular complexity index is 375. The molecule has 0 radical (unpaired) electrons. The van der Waals surface area contributed by atoms with Crippen LogP contribution in [0.3, 0.4) is 0 Å². The Balaban J connectivity index is 0.00000361. The minimum Gasteiger partial charge on any atom is -0.444 e. The van der Waals surface area contributed by atoms with Crippen LogP contribution in [0.2, 0.25) is 0 Å². The van der Waals surface area contributed by atoms with Gasteiger partial charge in [0.15, 0.2) is 0 Å². The van der Waals surface area contributed by atoms with Crippen molar-refractivity contribution in [2.45, 2.75) is 6.61 Å². The maximum Gasteiger partial charge on any atom is 0.412 e. The number of amides is 1. The molecule has 0 spiro atoms. The van der Waals surface area contributed by atoms with Gasteiger partial charge in [0.25, 0.3) is 0 Å². The number of halogens is 1. The van der Waals surface area contributed by atoms with Gasteiger partial charge >= 0.3 is 6.09 Å². The van der Waals surface area contributed by atoms with E-state index >= 15 is 0 Å². The largest absolute Gasteiger partial charge is 0.444 e. The number of carbonyl (C=O) groups is 1. The van der Waals surface area contributed by atoms with Gasteiger partial charge in [0, 0.05) is 0 Å². The van der Waals surface area contributed by atoms with Gasteiger partial charge in [-0.15, -0.1) is 12.4 Å². The number of ether oxygens (including phenoxy) is 1. The molecule has 0 aliphatic heterocycles. The maximum atomic E-state index is 12.0. The minimum atomic E-state index is -0.300. The Morgan fingerprint density at radius 2 is 1.50 bits per heavy atom. The lowest BCUT2D eigenvalue weighted by Crippen LogP contribution is -2.43. The highest BCUT2D eigenvalue weighted by Crippen LogP contribution is 2.04. The third-order valence-corrected chi connectivity index (χ3v) is 2.37. The molecule has 0 aromatic heterocycles.